The third kappa shape index (κ3) is 4.48. The van der Waals surface area contributed by atoms with E-state index in [9.17, 15) is 19.5 Å². The van der Waals surface area contributed by atoms with Gasteiger partial charge in [-0.15, -0.1) is 11.3 Å². The molecule has 1 amide bonds. The molecule has 0 saturated heterocycles. The number of rotatable bonds is 6. The Morgan fingerprint density at radius 1 is 1.07 bits per heavy atom. The standard InChI is InChI=1S/C19H19N3O4S.C2H6/c1-10(13-8-5-9-27-13)20-14-15(18(25)17(14)24)21-12-7-4-6-11(16(12)23)19(26)22(2)3;1-2/h4-10,20-21,23H,1-3H3;1-2H3. The smallest absolute Gasteiger partial charge is 0.257 e. The zero-order valence-corrected chi connectivity index (χ0v) is 17.9. The van der Waals surface area contributed by atoms with Gasteiger partial charge in [0, 0.05) is 19.0 Å². The van der Waals surface area contributed by atoms with Gasteiger partial charge in [0.15, 0.2) is 5.75 Å². The Morgan fingerprint density at radius 2 is 1.72 bits per heavy atom. The van der Waals surface area contributed by atoms with Gasteiger partial charge in [0.2, 0.25) is 0 Å². The molecule has 154 valence electrons. The molecule has 0 aliphatic rings. The maximum Gasteiger partial charge on any atom is 0.257 e. The Kier molecular flexibility index (Phi) is 7.17. The quantitative estimate of drug-likeness (QED) is 0.419. The fourth-order valence-electron chi connectivity index (χ4n) is 2.67. The van der Waals surface area contributed by atoms with Gasteiger partial charge in [-0.1, -0.05) is 26.0 Å². The lowest BCUT2D eigenvalue weighted by Crippen LogP contribution is -2.37. The predicted molar refractivity (Wildman–Crippen MR) is 118 cm³/mol. The van der Waals surface area contributed by atoms with Crippen LogP contribution >= 0.6 is 11.3 Å². The van der Waals surface area contributed by atoms with Gasteiger partial charge in [0.1, 0.15) is 11.4 Å². The first-order valence-corrected chi connectivity index (χ1v) is 10.1. The van der Waals surface area contributed by atoms with Crippen LogP contribution in [0.25, 0.3) is 0 Å². The van der Waals surface area contributed by atoms with Crippen molar-refractivity contribution in [2.45, 2.75) is 26.8 Å². The zero-order chi connectivity index (χ0) is 21.7. The summed E-state index contributed by atoms with van der Waals surface area (Å²) in [7, 11) is 3.15. The van der Waals surface area contributed by atoms with E-state index in [-0.39, 0.29) is 40.3 Å². The number of nitrogens with one attached hydrogen (secondary N) is 2. The lowest BCUT2D eigenvalue weighted by molar-refractivity contribution is 0.0824. The molecule has 2 aromatic carbocycles. The lowest BCUT2D eigenvalue weighted by Gasteiger charge is -2.20. The third-order valence-corrected chi connectivity index (χ3v) is 5.23. The van der Waals surface area contributed by atoms with Crippen LogP contribution in [0.15, 0.2) is 45.3 Å². The number of phenolic OH excluding ortho intramolecular Hbond substituents is 1. The van der Waals surface area contributed by atoms with E-state index in [0.717, 1.165) is 4.88 Å². The number of benzene rings is 1. The van der Waals surface area contributed by atoms with Crippen LogP contribution in [0, 0.1) is 0 Å². The van der Waals surface area contributed by atoms with Crippen molar-refractivity contribution < 1.29 is 9.90 Å². The number of phenols is 1. The molecule has 0 aliphatic heterocycles. The van der Waals surface area contributed by atoms with Gasteiger partial charge in [-0.05, 0) is 30.5 Å². The summed E-state index contributed by atoms with van der Waals surface area (Å²) in [6.45, 7) is 5.89. The SMILES string of the molecule is CC.CC(Nc1c(Nc2cccc(C(=O)N(C)C)c2O)c(=O)c1=O)c1cccs1. The van der Waals surface area contributed by atoms with Gasteiger partial charge in [-0.25, -0.2) is 0 Å². The highest BCUT2D eigenvalue weighted by atomic mass is 32.1. The second-order valence-electron chi connectivity index (χ2n) is 6.32. The number of anilines is 3. The summed E-state index contributed by atoms with van der Waals surface area (Å²) in [5, 5.41) is 18.2. The average molecular weight is 416 g/mol. The molecular formula is C21H25N3O4S. The van der Waals surface area contributed by atoms with Crippen LogP contribution in [0.1, 0.15) is 42.0 Å². The summed E-state index contributed by atoms with van der Waals surface area (Å²) >= 11 is 1.54. The summed E-state index contributed by atoms with van der Waals surface area (Å²) in [5.74, 6) is -0.646. The number of thiophene rings is 1. The zero-order valence-electron chi connectivity index (χ0n) is 17.1. The van der Waals surface area contributed by atoms with E-state index in [1.165, 1.54) is 17.0 Å². The monoisotopic (exact) mass is 415 g/mol. The Labute approximate surface area is 173 Å². The van der Waals surface area contributed by atoms with E-state index >= 15 is 0 Å². The number of carbonyl (C=O) groups is 1. The van der Waals surface area contributed by atoms with Crippen molar-refractivity contribution in [2.75, 3.05) is 24.7 Å². The number of nitrogens with zero attached hydrogens (tertiary/aromatic N) is 1. The van der Waals surface area contributed by atoms with Crippen molar-refractivity contribution >= 4 is 34.3 Å². The molecule has 3 rings (SSSR count). The van der Waals surface area contributed by atoms with Gasteiger partial charge in [0.05, 0.1) is 17.3 Å². The van der Waals surface area contributed by atoms with E-state index in [1.54, 1.807) is 31.5 Å². The minimum absolute atomic E-state index is 0.0770. The van der Waals surface area contributed by atoms with Crippen LogP contribution in [0.4, 0.5) is 17.1 Å². The van der Waals surface area contributed by atoms with Gasteiger partial charge in [-0.3, -0.25) is 14.4 Å². The van der Waals surface area contributed by atoms with Gasteiger partial charge < -0.3 is 20.6 Å². The molecule has 0 aliphatic carbocycles. The van der Waals surface area contributed by atoms with E-state index in [1.807, 2.05) is 38.3 Å². The average Bonchev–Trinajstić information content (AvgIpc) is 3.27. The topological polar surface area (TPSA) is 98.7 Å². The Balaban J connectivity index is 0.00000145. The lowest BCUT2D eigenvalue weighted by atomic mass is 10.1. The molecule has 1 heterocycles. The van der Waals surface area contributed by atoms with Crippen molar-refractivity contribution in [1.82, 2.24) is 4.90 Å². The summed E-state index contributed by atoms with van der Waals surface area (Å²) in [4.78, 5) is 38.5. The maximum atomic E-state index is 12.1. The Bertz CT molecular complexity index is 1050. The first-order valence-electron chi connectivity index (χ1n) is 9.25. The Morgan fingerprint density at radius 3 is 2.31 bits per heavy atom. The minimum Gasteiger partial charge on any atom is -0.505 e. The van der Waals surface area contributed by atoms with Crippen molar-refractivity contribution in [3.05, 3.63) is 66.6 Å². The van der Waals surface area contributed by atoms with Crippen molar-refractivity contribution in [1.29, 1.82) is 0 Å². The molecular weight excluding hydrogens is 390 g/mol. The molecule has 1 atom stereocenters. The summed E-state index contributed by atoms with van der Waals surface area (Å²) < 4.78 is 0. The molecule has 3 aromatic rings. The minimum atomic E-state index is -0.667. The van der Waals surface area contributed by atoms with E-state index < -0.39 is 10.9 Å². The summed E-state index contributed by atoms with van der Waals surface area (Å²) in [5.41, 5.74) is -0.745. The molecule has 0 radical (unpaired) electrons. The number of aromatic hydroxyl groups is 1. The summed E-state index contributed by atoms with van der Waals surface area (Å²) in [6.07, 6.45) is 0. The number of hydrogen-bond acceptors (Lipinski definition) is 7. The van der Waals surface area contributed by atoms with E-state index in [4.69, 9.17) is 0 Å². The number of amides is 1. The number of hydrogen-bond donors (Lipinski definition) is 3. The molecule has 0 fully saturated rings. The number of carbonyl (C=O) groups excluding carboxylic acids is 1. The highest BCUT2D eigenvalue weighted by Crippen LogP contribution is 2.33. The molecule has 29 heavy (non-hydrogen) atoms. The molecule has 1 aromatic heterocycles. The van der Waals surface area contributed by atoms with Gasteiger partial charge >= 0.3 is 0 Å². The molecule has 0 saturated carbocycles. The van der Waals surface area contributed by atoms with Crippen LogP contribution in [-0.2, 0) is 0 Å². The molecule has 7 nitrogen and oxygen atoms in total. The fourth-order valence-corrected chi connectivity index (χ4v) is 3.40. The second kappa shape index (κ2) is 9.38. The van der Waals surface area contributed by atoms with Gasteiger partial charge in [0.25, 0.3) is 16.8 Å². The van der Waals surface area contributed by atoms with E-state index in [0.29, 0.717) is 0 Å². The van der Waals surface area contributed by atoms with Crippen LogP contribution in [0.2, 0.25) is 0 Å². The molecule has 8 heteroatoms. The van der Waals surface area contributed by atoms with E-state index in [2.05, 4.69) is 10.6 Å². The first kappa shape index (κ1) is 22.2. The fraction of sp³-hybridized carbons (Fsp3) is 0.286. The molecule has 0 bridgehead atoms. The molecule has 3 N–H and O–H groups in total. The van der Waals surface area contributed by atoms with Crippen molar-refractivity contribution in [3.63, 3.8) is 0 Å². The maximum absolute atomic E-state index is 12.1. The first-order chi connectivity index (χ1) is 13.8. The second-order valence-corrected chi connectivity index (χ2v) is 7.30. The molecule has 1 unspecified atom stereocenters. The normalized spacial score (nSPS) is 11.3. The predicted octanol–water partition coefficient (Wildman–Crippen LogP) is 3.69. The highest BCUT2D eigenvalue weighted by molar-refractivity contribution is 7.10. The highest BCUT2D eigenvalue weighted by Gasteiger charge is 2.25. The van der Waals surface area contributed by atoms with Gasteiger partial charge in [-0.2, -0.15) is 0 Å². The largest absolute Gasteiger partial charge is 0.505 e. The van der Waals surface area contributed by atoms with Crippen LogP contribution in [-0.4, -0.2) is 30.0 Å². The third-order valence-electron chi connectivity index (χ3n) is 4.17. The Hall–Kier alpha value is -3.13. The summed E-state index contributed by atoms with van der Waals surface area (Å²) in [6, 6.07) is 8.30. The van der Waals surface area contributed by atoms with Crippen molar-refractivity contribution in [2.24, 2.45) is 0 Å². The van der Waals surface area contributed by atoms with Crippen LogP contribution in [0.3, 0.4) is 0 Å². The van der Waals surface area contributed by atoms with Crippen LogP contribution in [0.5, 0.6) is 5.75 Å². The molecule has 0 spiro atoms. The van der Waals surface area contributed by atoms with Crippen molar-refractivity contribution in [3.8, 4) is 5.75 Å². The number of para-hydroxylation sites is 1. The van der Waals surface area contributed by atoms with Crippen LogP contribution < -0.4 is 21.5 Å².